The van der Waals surface area contributed by atoms with Crippen LogP contribution >= 0.6 is 22.7 Å². The van der Waals surface area contributed by atoms with Crippen molar-refractivity contribution < 1.29 is 19.4 Å². The maximum Gasteiger partial charge on any atom is 0.290 e. The largest absolute Gasteiger partial charge is 0.544 e. The summed E-state index contributed by atoms with van der Waals surface area (Å²) in [5, 5.41) is 17.3. The molecule has 132 valence electrons. The number of amides is 1. The summed E-state index contributed by atoms with van der Waals surface area (Å²) < 4.78 is 5.30. The van der Waals surface area contributed by atoms with Crippen LogP contribution in [-0.4, -0.2) is 48.9 Å². The summed E-state index contributed by atoms with van der Waals surface area (Å²) in [6.07, 6.45) is 0. The molecule has 3 heterocycles. The SMILES string of the molecule is C/C(=N/NC(=O)c1csc(N2CCOCC2)n1)c1ccc(C(=O)[O-])s1. The van der Waals surface area contributed by atoms with Crippen molar-refractivity contribution in [2.45, 2.75) is 6.92 Å². The molecule has 8 nitrogen and oxygen atoms in total. The summed E-state index contributed by atoms with van der Waals surface area (Å²) in [7, 11) is 0. The number of ether oxygens (including phenoxy) is 1. The van der Waals surface area contributed by atoms with Crippen molar-refractivity contribution in [2.75, 3.05) is 31.2 Å². The highest BCUT2D eigenvalue weighted by Gasteiger charge is 2.17. The number of carboxylic acids is 1. The van der Waals surface area contributed by atoms with Crippen LogP contribution in [0.3, 0.4) is 0 Å². The van der Waals surface area contributed by atoms with Gasteiger partial charge in [0.05, 0.1) is 34.6 Å². The van der Waals surface area contributed by atoms with E-state index in [9.17, 15) is 14.7 Å². The van der Waals surface area contributed by atoms with E-state index in [1.54, 1.807) is 18.4 Å². The molecule has 1 amide bonds. The molecule has 0 radical (unpaired) electrons. The second-order valence-corrected chi connectivity index (χ2v) is 7.12. The van der Waals surface area contributed by atoms with E-state index in [0.717, 1.165) is 29.6 Å². The standard InChI is InChI=1S/C15H16N4O4S2/c1-9(11-2-3-12(25-11)14(21)22)17-18-13(20)10-8-24-15(16-10)19-4-6-23-7-5-19/h2-3,8H,4-7H2,1H3,(H,18,20)(H,21,22)/p-1/b17-9-. The van der Waals surface area contributed by atoms with Gasteiger partial charge >= 0.3 is 0 Å². The van der Waals surface area contributed by atoms with Gasteiger partial charge in [0.1, 0.15) is 5.69 Å². The summed E-state index contributed by atoms with van der Waals surface area (Å²) in [5.74, 6) is -1.64. The smallest absolute Gasteiger partial charge is 0.290 e. The Balaban J connectivity index is 1.63. The number of thiophene rings is 1. The molecule has 10 heteroatoms. The molecule has 0 atom stereocenters. The van der Waals surface area contributed by atoms with Crippen LogP contribution in [0.1, 0.15) is 32.0 Å². The average Bonchev–Trinajstić information content (AvgIpc) is 3.29. The maximum atomic E-state index is 12.2. The number of carbonyl (C=O) groups is 2. The molecule has 0 saturated carbocycles. The number of aromatic carboxylic acids is 1. The number of aromatic nitrogens is 1. The van der Waals surface area contributed by atoms with E-state index >= 15 is 0 Å². The molecule has 3 rings (SSSR count). The Labute approximate surface area is 151 Å². The number of hydrogen-bond acceptors (Lipinski definition) is 9. The van der Waals surface area contributed by atoms with E-state index in [0.29, 0.717) is 29.5 Å². The minimum absolute atomic E-state index is 0.116. The lowest BCUT2D eigenvalue weighted by atomic mass is 10.3. The Kier molecular flexibility index (Phi) is 5.41. The molecule has 1 N–H and O–H groups in total. The van der Waals surface area contributed by atoms with Crippen LogP contribution in [0.2, 0.25) is 0 Å². The van der Waals surface area contributed by atoms with Crippen LogP contribution in [0, 0.1) is 0 Å². The van der Waals surface area contributed by atoms with Gasteiger partial charge in [0.25, 0.3) is 5.91 Å². The molecule has 0 spiro atoms. The minimum Gasteiger partial charge on any atom is -0.544 e. The van der Waals surface area contributed by atoms with Gasteiger partial charge in [-0.1, -0.05) is 0 Å². The van der Waals surface area contributed by atoms with Crippen LogP contribution < -0.4 is 15.4 Å². The molecule has 1 aliphatic rings. The van der Waals surface area contributed by atoms with E-state index in [2.05, 4.69) is 20.4 Å². The van der Waals surface area contributed by atoms with E-state index < -0.39 is 11.9 Å². The molecule has 2 aromatic rings. The Morgan fingerprint density at radius 1 is 1.32 bits per heavy atom. The number of morpholine rings is 1. The Bertz CT molecular complexity index is 808. The minimum atomic E-state index is -1.23. The molecule has 2 aromatic heterocycles. The summed E-state index contributed by atoms with van der Waals surface area (Å²) in [6.45, 7) is 4.50. The van der Waals surface area contributed by atoms with Crippen LogP contribution in [0.25, 0.3) is 0 Å². The quantitative estimate of drug-likeness (QED) is 0.601. The number of carbonyl (C=O) groups excluding carboxylic acids is 2. The molecule has 0 aromatic carbocycles. The molecule has 25 heavy (non-hydrogen) atoms. The third kappa shape index (κ3) is 4.21. The fraction of sp³-hybridized carbons (Fsp3) is 0.333. The van der Waals surface area contributed by atoms with E-state index in [-0.39, 0.29) is 4.88 Å². The fourth-order valence-corrected chi connectivity index (χ4v) is 3.80. The normalized spacial score (nSPS) is 15.2. The Morgan fingerprint density at radius 2 is 2.04 bits per heavy atom. The van der Waals surface area contributed by atoms with E-state index in [1.165, 1.54) is 17.4 Å². The van der Waals surface area contributed by atoms with Crippen molar-refractivity contribution >= 4 is 45.4 Å². The lowest BCUT2D eigenvalue weighted by Crippen LogP contribution is -2.36. The number of carboxylic acid groups (broad SMARTS) is 1. The van der Waals surface area contributed by atoms with Crippen molar-refractivity contribution in [3.8, 4) is 0 Å². The molecule has 0 unspecified atom stereocenters. The lowest BCUT2D eigenvalue weighted by molar-refractivity contribution is -0.254. The number of hydrazone groups is 1. The second-order valence-electron chi connectivity index (χ2n) is 5.20. The molecular weight excluding hydrogens is 364 g/mol. The van der Waals surface area contributed by atoms with Crippen molar-refractivity contribution in [1.29, 1.82) is 0 Å². The van der Waals surface area contributed by atoms with Gasteiger partial charge in [-0.25, -0.2) is 10.4 Å². The second kappa shape index (κ2) is 7.72. The van der Waals surface area contributed by atoms with Gasteiger partial charge in [0.2, 0.25) is 0 Å². The zero-order valence-corrected chi connectivity index (χ0v) is 15.0. The van der Waals surface area contributed by atoms with Crippen molar-refractivity contribution in [3.05, 3.63) is 33.0 Å². The highest BCUT2D eigenvalue weighted by molar-refractivity contribution is 7.15. The third-order valence-corrected chi connectivity index (χ3v) is 5.57. The molecular formula is C15H15N4O4S2-. The van der Waals surface area contributed by atoms with Gasteiger partial charge in [0, 0.05) is 18.5 Å². The first-order valence-electron chi connectivity index (χ1n) is 7.49. The number of nitrogens with zero attached hydrogens (tertiary/aromatic N) is 3. The van der Waals surface area contributed by atoms with E-state index in [1.807, 2.05) is 0 Å². The van der Waals surface area contributed by atoms with Crippen LogP contribution in [-0.2, 0) is 4.74 Å². The number of rotatable bonds is 5. The highest BCUT2D eigenvalue weighted by atomic mass is 32.1. The van der Waals surface area contributed by atoms with Crippen LogP contribution in [0.4, 0.5) is 5.13 Å². The monoisotopic (exact) mass is 379 g/mol. The summed E-state index contributed by atoms with van der Waals surface area (Å²) in [4.78, 5) is 30.1. The zero-order valence-electron chi connectivity index (χ0n) is 13.4. The van der Waals surface area contributed by atoms with Crippen LogP contribution in [0.5, 0.6) is 0 Å². The fourth-order valence-electron chi connectivity index (χ4n) is 2.16. The van der Waals surface area contributed by atoms with Gasteiger partial charge in [-0.05, 0) is 19.1 Å². The van der Waals surface area contributed by atoms with Gasteiger partial charge < -0.3 is 19.5 Å². The first kappa shape index (κ1) is 17.5. The number of hydrogen-bond donors (Lipinski definition) is 1. The summed E-state index contributed by atoms with van der Waals surface area (Å²) >= 11 is 2.44. The Morgan fingerprint density at radius 3 is 2.72 bits per heavy atom. The number of anilines is 1. The summed E-state index contributed by atoms with van der Waals surface area (Å²) in [5.41, 5.74) is 3.25. The molecule has 1 saturated heterocycles. The predicted octanol–water partition coefficient (Wildman–Crippen LogP) is 0.559. The maximum absolute atomic E-state index is 12.2. The topological polar surface area (TPSA) is 107 Å². The van der Waals surface area contributed by atoms with Gasteiger partial charge in [0.15, 0.2) is 5.13 Å². The van der Waals surface area contributed by atoms with Gasteiger partial charge in [-0.15, -0.1) is 22.7 Å². The van der Waals surface area contributed by atoms with Crippen LogP contribution in [0.15, 0.2) is 22.6 Å². The zero-order chi connectivity index (χ0) is 17.8. The Hall–Kier alpha value is -2.30. The first-order valence-corrected chi connectivity index (χ1v) is 9.18. The van der Waals surface area contributed by atoms with Gasteiger partial charge in [-0.3, -0.25) is 4.79 Å². The molecule has 0 aliphatic carbocycles. The molecule has 1 aliphatic heterocycles. The van der Waals surface area contributed by atoms with Crippen molar-refractivity contribution in [2.24, 2.45) is 5.10 Å². The van der Waals surface area contributed by atoms with Crippen molar-refractivity contribution in [1.82, 2.24) is 10.4 Å². The summed E-state index contributed by atoms with van der Waals surface area (Å²) in [6, 6.07) is 3.07. The lowest BCUT2D eigenvalue weighted by Gasteiger charge is -2.25. The van der Waals surface area contributed by atoms with E-state index in [4.69, 9.17) is 4.74 Å². The van der Waals surface area contributed by atoms with Crippen molar-refractivity contribution in [3.63, 3.8) is 0 Å². The highest BCUT2D eigenvalue weighted by Crippen LogP contribution is 2.21. The van der Waals surface area contributed by atoms with Gasteiger partial charge in [-0.2, -0.15) is 5.10 Å². The predicted molar refractivity (Wildman–Crippen MR) is 93.5 cm³/mol. The average molecular weight is 379 g/mol. The third-order valence-electron chi connectivity index (χ3n) is 3.50. The first-order chi connectivity index (χ1) is 12.0. The molecule has 1 fully saturated rings. The molecule has 0 bridgehead atoms. The number of nitrogens with one attached hydrogen (secondary N) is 1. The number of thiazole rings is 1.